The summed E-state index contributed by atoms with van der Waals surface area (Å²) < 4.78 is 1.49. The number of fused-ring (bicyclic) bond motifs is 1. The number of benzene rings is 2. The van der Waals surface area contributed by atoms with Crippen LogP contribution in [0.1, 0.15) is 11.1 Å². The van der Waals surface area contributed by atoms with Crippen molar-refractivity contribution in [1.29, 1.82) is 0 Å². The molecule has 0 amide bonds. The summed E-state index contributed by atoms with van der Waals surface area (Å²) >= 11 is 3.33. The van der Waals surface area contributed by atoms with Gasteiger partial charge < -0.3 is 10.1 Å². The SMILES string of the molecule is Cc1cc(Br)cc(C=Nn2c(=O)[nH]c3ccccc3c2=O)c1O. The van der Waals surface area contributed by atoms with Crippen molar-refractivity contribution in [2.75, 3.05) is 0 Å². The van der Waals surface area contributed by atoms with Crippen molar-refractivity contribution in [3.63, 3.8) is 0 Å². The zero-order valence-electron chi connectivity index (χ0n) is 12.1. The fourth-order valence-electron chi connectivity index (χ4n) is 2.24. The summed E-state index contributed by atoms with van der Waals surface area (Å²) in [5.41, 5.74) is 0.343. The van der Waals surface area contributed by atoms with E-state index in [4.69, 9.17) is 0 Å². The highest BCUT2D eigenvalue weighted by molar-refractivity contribution is 9.10. The van der Waals surface area contributed by atoms with E-state index >= 15 is 0 Å². The number of halogens is 1. The van der Waals surface area contributed by atoms with E-state index in [9.17, 15) is 14.7 Å². The number of aromatic hydroxyl groups is 1. The smallest absolute Gasteiger partial charge is 0.349 e. The number of H-pyrrole nitrogens is 1. The third kappa shape index (κ3) is 2.83. The first-order chi connectivity index (χ1) is 11.0. The van der Waals surface area contributed by atoms with Gasteiger partial charge in [-0.1, -0.05) is 28.1 Å². The van der Waals surface area contributed by atoms with Crippen molar-refractivity contribution in [2.24, 2.45) is 5.10 Å². The van der Waals surface area contributed by atoms with Crippen molar-refractivity contribution in [3.8, 4) is 5.75 Å². The second-order valence-corrected chi connectivity index (χ2v) is 5.91. The van der Waals surface area contributed by atoms with Crippen LogP contribution in [0.3, 0.4) is 0 Å². The Hall–Kier alpha value is -2.67. The highest BCUT2D eigenvalue weighted by Crippen LogP contribution is 2.25. The summed E-state index contributed by atoms with van der Waals surface area (Å²) in [6.07, 6.45) is 1.28. The molecule has 1 heterocycles. The predicted octanol–water partition coefficient (Wildman–Crippen LogP) is 2.35. The second kappa shape index (κ2) is 5.85. The van der Waals surface area contributed by atoms with Gasteiger partial charge in [0.15, 0.2) is 0 Å². The summed E-state index contributed by atoms with van der Waals surface area (Å²) in [4.78, 5) is 27.0. The zero-order valence-corrected chi connectivity index (χ0v) is 13.7. The Balaban J connectivity index is 2.16. The van der Waals surface area contributed by atoms with E-state index in [1.807, 2.05) is 0 Å². The highest BCUT2D eigenvalue weighted by atomic mass is 79.9. The van der Waals surface area contributed by atoms with E-state index in [2.05, 4.69) is 26.0 Å². The van der Waals surface area contributed by atoms with Gasteiger partial charge >= 0.3 is 5.69 Å². The molecule has 0 saturated carbocycles. The van der Waals surface area contributed by atoms with Gasteiger partial charge in [-0.15, -0.1) is 4.68 Å². The van der Waals surface area contributed by atoms with Crippen LogP contribution >= 0.6 is 15.9 Å². The minimum atomic E-state index is -0.642. The van der Waals surface area contributed by atoms with Gasteiger partial charge in [-0.3, -0.25) is 4.79 Å². The monoisotopic (exact) mass is 373 g/mol. The molecule has 0 saturated heterocycles. The molecule has 0 bridgehead atoms. The third-order valence-electron chi connectivity index (χ3n) is 3.39. The van der Waals surface area contributed by atoms with Crippen molar-refractivity contribution < 1.29 is 5.11 Å². The lowest BCUT2D eigenvalue weighted by atomic mass is 10.1. The number of nitrogens with one attached hydrogen (secondary N) is 1. The van der Waals surface area contributed by atoms with E-state index in [0.717, 1.165) is 9.15 Å². The molecule has 3 rings (SSSR count). The topological polar surface area (TPSA) is 87.5 Å². The maximum atomic E-state index is 12.3. The van der Waals surface area contributed by atoms with Crippen LogP contribution in [0.15, 0.2) is 55.6 Å². The summed E-state index contributed by atoms with van der Waals surface area (Å²) in [6.45, 7) is 1.74. The van der Waals surface area contributed by atoms with Crippen LogP contribution in [0.4, 0.5) is 0 Å². The van der Waals surface area contributed by atoms with Gasteiger partial charge in [0.1, 0.15) is 5.75 Å². The molecule has 0 radical (unpaired) electrons. The van der Waals surface area contributed by atoms with Gasteiger partial charge in [-0.25, -0.2) is 4.79 Å². The minimum Gasteiger partial charge on any atom is -0.507 e. The van der Waals surface area contributed by atoms with Crippen LogP contribution < -0.4 is 11.2 Å². The van der Waals surface area contributed by atoms with E-state index < -0.39 is 11.2 Å². The van der Waals surface area contributed by atoms with Gasteiger partial charge in [-0.2, -0.15) is 5.10 Å². The fourth-order valence-corrected chi connectivity index (χ4v) is 2.83. The number of nitrogens with zero attached hydrogens (tertiary/aromatic N) is 2. The molecule has 0 aliphatic carbocycles. The molecule has 3 aromatic rings. The minimum absolute atomic E-state index is 0.0437. The fraction of sp³-hybridized carbons (Fsp3) is 0.0625. The van der Waals surface area contributed by atoms with Crippen LogP contribution in [0.2, 0.25) is 0 Å². The summed E-state index contributed by atoms with van der Waals surface area (Å²) in [5, 5.41) is 14.3. The van der Waals surface area contributed by atoms with Crippen molar-refractivity contribution >= 4 is 33.0 Å². The Morgan fingerprint density at radius 2 is 2.00 bits per heavy atom. The molecule has 7 heteroatoms. The Labute approximate surface area is 138 Å². The Kier molecular flexibility index (Phi) is 3.87. The Morgan fingerprint density at radius 1 is 1.26 bits per heavy atom. The van der Waals surface area contributed by atoms with Crippen LogP contribution in [0.25, 0.3) is 10.9 Å². The Morgan fingerprint density at radius 3 is 2.78 bits per heavy atom. The number of para-hydroxylation sites is 1. The van der Waals surface area contributed by atoms with Crippen molar-refractivity contribution in [3.05, 3.63) is 72.8 Å². The number of hydrogen-bond acceptors (Lipinski definition) is 4. The quantitative estimate of drug-likeness (QED) is 0.675. The molecule has 0 fully saturated rings. The van der Waals surface area contributed by atoms with Crippen molar-refractivity contribution in [1.82, 2.24) is 9.66 Å². The molecular weight excluding hydrogens is 362 g/mol. The normalized spacial score (nSPS) is 11.4. The second-order valence-electron chi connectivity index (χ2n) is 5.00. The molecule has 6 nitrogen and oxygen atoms in total. The molecule has 116 valence electrons. The van der Waals surface area contributed by atoms with E-state index in [1.165, 1.54) is 6.21 Å². The first-order valence-electron chi connectivity index (χ1n) is 6.75. The van der Waals surface area contributed by atoms with Crippen LogP contribution in [0.5, 0.6) is 5.75 Å². The van der Waals surface area contributed by atoms with Crippen molar-refractivity contribution in [2.45, 2.75) is 6.92 Å². The number of aromatic amines is 1. The third-order valence-corrected chi connectivity index (χ3v) is 3.85. The van der Waals surface area contributed by atoms with Gasteiger partial charge in [0, 0.05) is 10.0 Å². The van der Waals surface area contributed by atoms with Gasteiger partial charge in [-0.05, 0) is 36.8 Å². The molecule has 2 N–H and O–H groups in total. The van der Waals surface area contributed by atoms with Gasteiger partial charge in [0.05, 0.1) is 17.1 Å². The van der Waals surface area contributed by atoms with Gasteiger partial charge in [0.25, 0.3) is 5.56 Å². The number of hydrogen-bond donors (Lipinski definition) is 2. The van der Waals surface area contributed by atoms with Crippen LogP contribution in [0, 0.1) is 6.92 Å². The number of phenols is 1. The lowest BCUT2D eigenvalue weighted by molar-refractivity contribution is 0.470. The average molecular weight is 374 g/mol. The first kappa shape index (κ1) is 15.2. The molecule has 23 heavy (non-hydrogen) atoms. The lowest BCUT2D eigenvalue weighted by Crippen LogP contribution is -2.32. The Bertz CT molecular complexity index is 1050. The number of aryl methyl sites for hydroxylation is 1. The summed E-state index contributed by atoms with van der Waals surface area (Å²) in [7, 11) is 0. The van der Waals surface area contributed by atoms with Crippen LogP contribution in [-0.4, -0.2) is 21.0 Å². The lowest BCUT2D eigenvalue weighted by Gasteiger charge is -2.04. The molecule has 0 unspecified atom stereocenters. The highest BCUT2D eigenvalue weighted by Gasteiger charge is 2.07. The maximum Gasteiger partial charge on any atom is 0.349 e. The molecule has 2 aromatic carbocycles. The zero-order chi connectivity index (χ0) is 16.6. The summed E-state index contributed by atoms with van der Waals surface area (Å²) in [5.74, 6) is 0.0437. The standard InChI is InChI=1S/C16H12BrN3O3/c1-9-6-11(17)7-10(14(9)21)8-18-20-15(22)12-4-2-3-5-13(12)19-16(20)23/h2-8,21H,1H3,(H,19,23). The largest absolute Gasteiger partial charge is 0.507 e. The molecule has 0 aliphatic rings. The van der Waals surface area contributed by atoms with Gasteiger partial charge in [0.2, 0.25) is 0 Å². The molecule has 0 aliphatic heterocycles. The van der Waals surface area contributed by atoms with Crippen LogP contribution in [-0.2, 0) is 0 Å². The molecular formula is C16H12BrN3O3. The number of phenolic OH excluding ortho intramolecular Hbond substituents is 1. The number of aromatic nitrogens is 2. The average Bonchev–Trinajstić information content (AvgIpc) is 2.51. The first-order valence-corrected chi connectivity index (χ1v) is 7.54. The predicted molar refractivity (Wildman–Crippen MR) is 92.4 cm³/mol. The molecule has 0 atom stereocenters. The molecule has 0 spiro atoms. The summed E-state index contributed by atoms with van der Waals surface area (Å²) in [6, 6.07) is 10.1. The van der Waals surface area contributed by atoms with E-state index in [1.54, 1.807) is 43.3 Å². The maximum absolute atomic E-state index is 12.3. The number of rotatable bonds is 2. The van der Waals surface area contributed by atoms with E-state index in [0.29, 0.717) is 22.0 Å². The van der Waals surface area contributed by atoms with E-state index in [-0.39, 0.29) is 5.75 Å². The molecule has 1 aromatic heterocycles.